The van der Waals surface area contributed by atoms with Crippen molar-refractivity contribution in [3.05, 3.63) is 59.0 Å². The van der Waals surface area contributed by atoms with Gasteiger partial charge in [0.25, 0.3) is 0 Å². The van der Waals surface area contributed by atoms with Crippen LogP contribution in [0.2, 0.25) is 0 Å². The van der Waals surface area contributed by atoms with Crippen LogP contribution in [0.5, 0.6) is 0 Å². The third-order valence-electron chi connectivity index (χ3n) is 3.08. The van der Waals surface area contributed by atoms with E-state index in [1.807, 2.05) is 12.1 Å². The van der Waals surface area contributed by atoms with Crippen LogP contribution in [0, 0.1) is 0 Å². The smallest absolute Gasteiger partial charge is 0.345 e. The summed E-state index contributed by atoms with van der Waals surface area (Å²) in [5.41, 5.74) is 1.20. The zero-order valence-electron chi connectivity index (χ0n) is 11.1. The summed E-state index contributed by atoms with van der Waals surface area (Å²) in [7, 11) is 0. The first-order chi connectivity index (χ1) is 10.5. The van der Waals surface area contributed by atoms with Gasteiger partial charge in [0.1, 0.15) is 4.88 Å². The van der Waals surface area contributed by atoms with Crippen LogP contribution >= 0.6 is 22.7 Å². The second kappa shape index (κ2) is 5.75. The maximum absolute atomic E-state index is 10.9. The molecule has 0 atom stereocenters. The number of thiophene rings is 2. The van der Waals surface area contributed by atoms with E-state index in [1.165, 1.54) is 11.3 Å². The Hall–Kier alpha value is -2.44. The molecule has 0 fully saturated rings. The van der Waals surface area contributed by atoms with Gasteiger partial charge in [0.15, 0.2) is 0 Å². The minimum Gasteiger partial charge on any atom is -0.478 e. The van der Waals surface area contributed by atoms with Crippen molar-refractivity contribution in [1.29, 1.82) is 0 Å². The van der Waals surface area contributed by atoms with E-state index >= 15 is 0 Å². The highest BCUT2D eigenvalue weighted by Gasteiger charge is 2.11. The lowest BCUT2D eigenvalue weighted by Crippen LogP contribution is -1.94. The molecule has 6 heteroatoms. The van der Waals surface area contributed by atoms with Gasteiger partial charge in [-0.05, 0) is 42.0 Å². The van der Waals surface area contributed by atoms with Crippen molar-refractivity contribution < 1.29 is 19.8 Å². The largest absolute Gasteiger partial charge is 0.478 e. The van der Waals surface area contributed by atoms with Gasteiger partial charge < -0.3 is 10.2 Å². The predicted octanol–water partition coefficient (Wildman–Crippen LogP) is 4.54. The molecule has 110 valence electrons. The van der Waals surface area contributed by atoms with Crippen LogP contribution in [0.3, 0.4) is 0 Å². The van der Waals surface area contributed by atoms with Crippen molar-refractivity contribution in [3.8, 4) is 20.2 Å². The fourth-order valence-corrected chi connectivity index (χ4v) is 3.93. The average molecular weight is 330 g/mol. The second-order valence-electron chi connectivity index (χ2n) is 4.52. The first-order valence-electron chi connectivity index (χ1n) is 6.31. The Bertz CT molecular complexity index is 843. The van der Waals surface area contributed by atoms with Crippen molar-refractivity contribution >= 4 is 34.6 Å². The lowest BCUT2D eigenvalue weighted by atomic mass is 10.1. The maximum Gasteiger partial charge on any atom is 0.345 e. The third kappa shape index (κ3) is 2.79. The number of carboxylic acids is 2. The van der Waals surface area contributed by atoms with Crippen LogP contribution in [0.1, 0.15) is 20.0 Å². The van der Waals surface area contributed by atoms with Gasteiger partial charge in [-0.25, -0.2) is 9.59 Å². The number of rotatable bonds is 4. The summed E-state index contributed by atoms with van der Waals surface area (Å²) in [5, 5.41) is 17.9. The maximum atomic E-state index is 10.9. The van der Waals surface area contributed by atoms with Gasteiger partial charge in [-0.3, -0.25) is 0 Å². The molecule has 0 bridgehead atoms. The Morgan fingerprint density at radius 1 is 0.682 bits per heavy atom. The fraction of sp³-hybridized carbons (Fsp3) is 0. The zero-order chi connectivity index (χ0) is 15.7. The van der Waals surface area contributed by atoms with Crippen molar-refractivity contribution in [2.45, 2.75) is 0 Å². The number of aromatic carboxylic acids is 2. The van der Waals surface area contributed by atoms with E-state index in [9.17, 15) is 9.59 Å². The fourth-order valence-electron chi connectivity index (χ4n) is 1.99. The van der Waals surface area contributed by atoms with Crippen LogP contribution in [-0.4, -0.2) is 22.2 Å². The Kier molecular flexibility index (Phi) is 3.79. The highest BCUT2D eigenvalue weighted by Crippen LogP contribution is 2.37. The molecular formula is C16H10O4S2. The van der Waals surface area contributed by atoms with Gasteiger partial charge in [0, 0.05) is 14.6 Å². The van der Waals surface area contributed by atoms with E-state index < -0.39 is 11.9 Å². The minimum absolute atomic E-state index is 0.255. The molecule has 4 nitrogen and oxygen atoms in total. The van der Waals surface area contributed by atoms with E-state index in [2.05, 4.69) is 0 Å². The van der Waals surface area contributed by atoms with Crippen LogP contribution < -0.4 is 0 Å². The molecule has 0 saturated carbocycles. The number of hydrogen-bond donors (Lipinski definition) is 2. The van der Waals surface area contributed by atoms with Gasteiger partial charge in [0.05, 0.1) is 5.56 Å². The van der Waals surface area contributed by atoms with Crippen molar-refractivity contribution in [2.24, 2.45) is 0 Å². The van der Waals surface area contributed by atoms with E-state index in [0.29, 0.717) is 4.88 Å². The van der Waals surface area contributed by atoms with Crippen LogP contribution in [0.15, 0.2) is 48.5 Å². The van der Waals surface area contributed by atoms with Gasteiger partial charge in [-0.15, -0.1) is 22.7 Å². The molecule has 2 heterocycles. The Labute approximate surface area is 133 Å². The molecule has 2 N–H and O–H groups in total. The van der Waals surface area contributed by atoms with E-state index in [4.69, 9.17) is 10.2 Å². The predicted molar refractivity (Wildman–Crippen MR) is 87.0 cm³/mol. The molecule has 0 aliphatic heterocycles. The summed E-state index contributed by atoms with van der Waals surface area (Å²) in [6.07, 6.45) is 0. The normalized spacial score (nSPS) is 10.5. The summed E-state index contributed by atoms with van der Waals surface area (Å²) in [6, 6.07) is 14.0. The number of carbonyl (C=O) groups is 2. The number of benzene rings is 1. The molecule has 0 radical (unpaired) electrons. The molecule has 0 amide bonds. The number of carboxylic acid groups (broad SMARTS) is 2. The van der Waals surface area contributed by atoms with Crippen molar-refractivity contribution in [3.63, 3.8) is 0 Å². The summed E-state index contributed by atoms with van der Waals surface area (Å²) in [6.45, 7) is 0. The monoisotopic (exact) mass is 330 g/mol. The lowest BCUT2D eigenvalue weighted by molar-refractivity contribution is 0.0688. The molecule has 22 heavy (non-hydrogen) atoms. The highest BCUT2D eigenvalue weighted by molar-refractivity contribution is 7.24. The zero-order valence-corrected chi connectivity index (χ0v) is 12.8. The standard InChI is InChI=1S/C16H10O4S2/c17-15(18)10-3-1-9(2-4-10)11-5-6-12(21-11)13-7-8-14(22-13)16(19)20/h1-8H,(H,17,18)(H,19,20). The SMILES string of the molecule is O=C(O)c1ccc(-c2ccc(-c3ccc(C(=O)O)s3)s2)cc1. The molecule has 0 aliphatic carbocycles. The van der Waals surface area contributed by atoms with E-state index in [0.717, 1.165) is 20.2 Å². The molecule has 1 aromatic carbocycles. The van der Waals surface area contributed by atoms with Gasteiger partial charge in [-0.2, -0.15) is 0 Å². The molecular weight excluding hydrogens is 320 g/mol. The summed E-state index contributed by atoms with van der Waals surface area (Å²) < 4.78 is 0. The third-order valence-corrected chi connectivity index (χ3v) is 5.49. The minimum atomic E-state index is -0.946. The first kappa shape index (κ1) is 14.5. The van der Waals surface area contributed by atoms with Crippen LogP contribution in [-0.2, 0) is 0 Å². The Morgan fingerprint density at radius 2 is 1.27 bits per heavy atom. The average Bonchev–Trinajstić information content (AvgIpc) is 3.16. The lowest BCUT2D eigenvalue weighted by Gasteiger charge is -1.98. The quantitative estimate of drug-likeness (QED) is 0.736. The molecule has 2 aromatic heterocycles. The highest BCUT2D eigenvalue weighted by atomic mass is 32.1. The van der Waals surface area contributed by atoms with Crippen molar-refractivity contribution in [1.82, 2.24) is 0 Å². The molecule has 0 saturated heterocycles. The van der Waals surface area contributed by atoms with E-state index in [1.54, 1.807) is 47.7 Å². The Balaban J connectivity index is 1.89. The van der Waals surface area contributed by atoms with Crippen LogP contribution in [0.4, 0.5) is 0 Å². The molecule has 3 rings (SSSR count). The molecule has 0 spiro atoms. The molecule has 0 aliphatic rings. The van der Waals surface area contributed by atoms with Crippen molar-refractivity contribution in [2.75, 3.05) is 0 Å². The molecule has 3 aromatic rings. The van der Waals surface area contributed by atoms with Gasteiger partial charge >= 0.3 is 11.9 Å². The second-order valence-corrected chi connectivity index (χ2v) is 6.68. The van der Waals surface area contributed by atoms with Gasteiger partial charge in [0.2, 0.25) is 0 Å². The first-order valence-corrected chi connectivity index (χ1v) is 7.95. The topological polar surface area (TPSA) is 74.6 Å². The molecule has 0 unspecified atom stereocenters. The summed E-state index contributed by atoms with van der Waals surface area (Å²) in [4.78, 5) is 25.0. The Morgan fingerprint density at radius 3 is 1.86 bits per heavy atom. The van der Waals surface area contributed by atoms with Crippen LogP contribution in [0.25, 0.3) is 20.2 Å². The van der Waals surface area contributed by atoms with E-state index in [-0.39, 0.29) is 5.56 Å². The number of hydrogen-bond acceptors (Lipinski definition) is 4. The summed E-state index contributed by atoms with van der Waals surface area (Å²) >= 11 is 2.79. The van der Waals surface area contributed by atoms with Gasteiger partial charge in [-0.1, -0.05) is 12.1 Å². The summed E-state index contributed by atoms with van der Waals surface area (Å²) in [5.74, 6) is -1.87.